The molecule has 3 aromatic rings. The fourth-order valence-corrected chi connectivity index (χ4v) is 5.41. The number of amides is 2. The van der Waals surface area contributed by atoms with Gasteiger partial charge in [-0.2, -0.15) is 0 Å². The predicted octanol–water partition coefficient (Wildman–Crippen LogP) is 5.16. The van der Waals surface area contributed by atoms with E-state index in [-0.39, 0.29) is 35.5 Å². The van der Waals surface area contributed by atoms with E-state index < -0.39 is 0 Å². The topological polar surface area (TPSA) is 46.6 Å². The normalized spacial score (nSPS) is 25.4. The Morgan fingerprint density at radius 2 is 1.13 bits per heavy atom. The molecule has 1 heterocycles. The largest absolute Gasteiger partial charge is 0.497 e. The minimum Gasteiger partial charge on any atom is -0.497 e. The van der Waals surface area contributed by atoms with E-state index in [9.17, 15) is 9.59 Å². The highest BCUT2D eigenvalue weighted by molar-refractivity contribution is 6.22. The van der Waals surface area contributed by atoms with Crippen molar-refractivity contribution in [2.24, 2.45) is 11.8 Å². The van der Waals surface area contributed by atoms with Crippen LogP contribution in [-0.2, 0) is 9.59 Å². The van der Waals surface area contributed by atoms with Crippen LogP contribution in [0.25, 0.3) is 0 Å². The Labute approximate surface area is 182 Å². The van der Waals surface area contributed by atoms with Gasteiger partial charge >= 0.3 is 0 Å². The maximum atomic E-state index is 13.7. The van der Waals surface area contributed by atoms with Crippen molar-refractivity contribution in [3.63, 3.8) is 0 Å². The molecule has 0 aromatic heterocycles. The number of anilines is 1. The first kappa shape index (κ1) is 19.6. The zero-order chi connectivity index (χ0) is 21.4. The molecule has 0 radical (unpaired) electrons. The number of hydrogen-bond donors (Lipinski definition) is 0. The van der Waals surface area contributed by atoms with Crippen molar-refractivity contribution in [3.8, 4) is 5.75 Å². The predicted molar refractivity (Wildman–Crippen MR) is 120 cm³/mol. The molecule has 156 valence electrons. The van der Waals surface area contributed by atoms with E-state index in [4.69, 9.17) is 4.74 Å². The summed E-state index contributed by atoms with van der Waals surface area (Å²) in [4.78, 5) is 28.9. The lowest BCUT2D eigenvalue weighted by Crippen LogP contribution is -2.34. The highest BCUT2D eigenvalue weighted by Gasteiger charge is 2.56. The van der Waals surface area contributed by atoms with Crippen LogP contribution in [0.3, 0.4) is 0 Å². The summed E-state index contributed by atoms with van der Waals surface area (Å²) < 4.78 is 5.24. The summed E-state index contributed by atoms with van der Waals surface area (Å²) in [5, 5.41) is 0. The molecule has 1 saturated heterocycles. The van der Waals surface area contributed by atoms with Gasteiger partial charge < -0.3 is 4.74 Å². The van der Waals surface area contributed by atoms with Crippen molar-refractivity contribution in [1.82, 2.24) is 0 Å². The standard InChI is InChI=1S/C27H25NO3/c1-31-21-14-12-20(13-15-21)28-26(29)24-22(18-8-4-2-5-9-18)16-17-23(25(24)27(28)30)19-10-6-3-7-11-19/h2-15,22-25H,16-17H2,1H3/t22-,23-,24-,25+/m1/s1. The van der Waals surface area contributed by atoms with Crippen molar-refractivity contribution < 1.29 is 14.3 Å². The molecule has 1 aliphatic heterocycles. The first-order chi connectivity index (χ1) is 15.2. The van der Waals surface area contributed by atoms with E-state index in [0.717, 1.165) is 24.0 Å². The molecule has 0 bridgehead atoms. The minimum absolute atomic E-state index is 0.0471. The highest BCUT2D eigenvalue weighted by Crippen LogP contribution is 2.53. The maximum absolute atomic E-state index is 13.7. The molecule has 0 spiro atoms. The van der Waals surface area contributed by atoms with Crippen LogP contribution in [-0.4, -0.2) is 18.9 Å². The number of nitrogens with zero attached hydrogens (tertiary/aromatic N) is 1. The molecule has 2 fully saturated rings. The number of rotatable bonds is 4. The van der Waals surface area contributed by atoms with Gasteiger partial charge in [-0.25, -0.2) is 0 Å². The van der Waals surface area contributed by atoms with Gasteiger partial charge in [0.25, 0.3) is 0 Å². The van der Waals surface area contributed by atoms with Crippen LogP contribution in [0, 0.1) is 11.8 Å². The van der Waals surface area contributed by atoms with Crippen molar-refractivity contribution >= 4 is 17.5 Å². The van der Waals surface area contributed by atoms with Gasteiger partial charge in [-0.15, -0.1) is 0 Å². The Balaban J connectivity index is 1.58. The van der Waals surface area contributed by atoms with E-state index >= 15 is 0 Å². The van der Waals surface area contributed by atoms with Crippen LogP contribution in [0.5, 0.6) is 5.75 Å². The maximum Gasteiger partial charge on any atom is 0.238 e. The second-order valence-corrected chi connectivity index (χ2v) is 8.37. The molecule has 0 unspecified atom stereocenters. The molecule has 2 aliphatic rings. The van der Waals surface area contributed by atoms with Crippen LogP contribution >= 0.6 is 0 Å². The number of carbonyl (C=O) groups excluding carboxylic acids is 2. The van der Waals surface area contributed by atoms with Gasteiger partial charge in [-0.05, 0) is 60.1 Å². The summed E-state index contributed by atoms with van der Waals surface area (Å²) in [7, 11) is 1.60. The average Bonchev–Trinajstić information content (AvgIpc) is 3.10. The van der Waals surface area contributed by atoms with Gasteiger partial charge in [0.2, 0.25) is 11.8 Å². The molecular formula is C27H25NO3. The lowest BCUT2D eigenvalue weighted by atomic mass is 9.64. The summed E-state index contributed by atoms with van der Waals surface area (Å²) in [6.45, 7) is 0. The van der Waals surface area contributed by atoms with Crippen molar-refractivity contribution in [3.05, 3.63) is 96.1 Å². The van der Waals surface area contributed by atoms with E-state index in [1.807, 2.05) is 36.4 Å². The third kappa shape index (κ3) is 3.32. The Morgan fingerprint density at radius 3 is 1.55 bits per heavy atom. The fourth-order valence-electron chi connectivity index (χ4n) is 5.41. The number of methoxy groups -OCH3 is 1. The van der Waals surface area contributed by atoms with Gasteiger partial charge in [-0.3, -0.25) is 14.5 Å². The zero-order valence-corrected chi connectivity index (χ0v) is 17.5. The Hall–Kier alpha value is -3.40. The number of fused-ring (bicyclic) bond motifs is 1. The smallest absolute Gasteiger partial charge is 0.238 e. The zero-order valence-electron chi connectivity index (χ0n) is 17.5. The van der Waals surface area contributed by atoms with Crippen LogP contribution in [0.1, 0.15) is 35.8 Å². The summed E-state index contributed by atoms with van der Waals surface area (Å²) in [5.74, 6) is -0.0856. The molecule has 4 atom stereocenters. The summed E-state index contributed by atoms with van der Waals surface area (Å²) in [6, 6.07) is 27.5. The van der Waals surface area contributed by atoms with Gasteiger partial charge in [0.1, 0.15) is 5.75 Å². The Bertz CT molecular complexity index is 1010. The van der Waals surface area contributed by atoms with Gasteiger partial charge in [0.05, 0.1) is 24.6 Å². The van der Waals surface area contributed by atoms with Crippen LogP contribution < -0.4 is 9.64 Å². The summed E-state index contributed by atoms with van der Waals surface area (Å²) in [5.41, 5.74) is 2.90. The van der Waals surface area contributed by atoms with Crippen LogP contribution in [0.2, 0.25) is 0 Å². The molecule has 5 rings (SSSR count). The SMILES string of the molecule is COc1ccc(N2C(=O)[C@@H]3[C@H](C2=O)[C@@H](c2ccccc2)CC[C@@H]3c2ccccc2)cc1. The molecule has 1 aliphatic carbocycles. The number of hydrogen-bond acceptors (Lipinski definition) is 3. The molecule has 3 aromatic carbocycles. The summed E-state index contributed by atoms with van der Waals surface area (Å²) >= 11 is 0. The molecule has 0 N–H and O–H groups in total. The van der Waals surface area contributed by atoms with Gasteiger partial charge in [0.15, 0.2) is 0 Å². The third-order valence-electron chi connectivity index (χ3n) is 6.84. The van der Waals surface area contributed by atoms with Crippen molar-refractivity contribution in [2.45, 2.75) is 24.7 Å². The quantitative estimate of drug-likeness (QED) is 0.557. The van der Waals surface area contributed by atoms with E-state index in [0.29, 0.717) is 11.4 Å². The fraction of sp³-hybridized carbons (Fsp3) is 0.259. The minimum atomic E-state index is -0.351. The van der Waals surface area contributed by atoms with Crippen LogP contribution in [0.4, 0.5) is 5.69 Å². The molecule has 2 amide bonds. The van der Waals surface area contributed by atoms with Gasteiger partial charge in [-0.1, -0.05) is 60.7 Å². The van der Waals surface area contributed by atoms with E-state index in [1.165, 1.54) is 4.90 Å². The monoisotopic (exact) mass is 411 g/mol. The molecule has 31 heavy (non-hydrogen) atoms. The average molecular weight is 412 g/mol. The lowest BCUT2D eigenvalue weighted by molar-refractivity contribution is -0.122. The van der Waals surface area contributed by atoms with Gasteiger partial charge in [0, 0.05) is 0 Å². The van der Waals surface area contributed by atoms with Crippen LogP contribution in [0.15, 0.2) is 84.9 Å². The first-order valence-electron chi connectivity index (χ1n) is 10.8. The number of imide groups is 1. The lowest BCUT2D eigenvalue weighted by Gasteiger charge is -2.37. The second kappa shape index (κ2) is 8.03. The second-order valence-electron chi connectivity index (χ2n) is 8.37. The number of carbonyl (C=O) groups is 2. The van der Waals surface area contributed by atoms with Crippen molar-refractivity contribution in [1.29, 1.82) is 0 Å². The van der Waals surface area contributed by atoms with E-state index in [1.54, 1.807) is 31.4 Å². The highest BCUT2D eigenvalue weighted by atomic mass is 16.5. The Morgan fingerprint density at radius 1 is 0.677 bits per heavy atom. The molecule has 4 heteroatoms. The van der Waals surface area contributed by atoms with Crippen molar-refractivity contribution in [2.75, 3.05) is 12.0 Å². The summed E-state index contributed by atoms with van der Waals surface area (Å²) in [6.07, 6.45) is 1.78. The molecule has 1 saturated carbocycles. The molecule has 4 nitrogen and oxygen atoms in total. The number of benzene rings is 3. The third-order valence-corrected chi connectivity index (χ3v) is 6.84. The molecular weight excluding hydrogens is 386 g/mol. The first-order valence-corrected chi connectivity index (χ1v) is 10.8. The number of ether oxygens (including phenoxy) is 1. The Kier molecular flexibility index (Phi) is 5.06. The van der Waals surface area contributed by atoms with E-state index in [2.05, 4.69) is 24.3 Å².